The number of likely N-dealkylation sites (N-methyl/N-ethyl adjacent to an activating group) is 1. The van der Waals surface area contributed by atoms with E-state index in [-0.39, 0.29) is 30.4 Å². The van der Waals surface area contributed by atoms with Crippen LogP contribution < -0.4 is 5.32 Å². The molecule has 0 unspecified atom stereocenters. The Kier molecular flexibility index (Phi) is 5.77. The van der Waals surface area contributed by atoms with Crippen molar-refractivity contribution < 1.29 is 9.59 Å². The first kappa shape index (κ1) is 17.5. The summed E-state index contributed by atoms with van der Waals surface area (Å²) in [6.45, 7) is 7.36. The van der Waals surface area contributed by atoms with Crippen molar-refractivity contribution >= 4 is 11.8 Å². The van der Waals surface area contributed by atoms with E-state index in [1.165, 1.54) is 11.1 Å². The van der Waals surface area contributed by atoms with Crippen molar-refractivity contribution in [1.82, 2.24) is 15.1 Å². The Balaban J connectivity index is 1.93. The van der Waals surface area contributed by atoms with Gasteiger partial charge in [0.25, 0.3) is 0 Å². The molecular weight excluding hydrogens is 290 g/mol. The van der Waals surface area contributed by atoms with Gasteiger partial charge < -0.3 is 10.2 Å². The van der Waals surface area contributed by atoms with E-state index in [1.807, 2.05) is 44.9 Å². The van der Waals surface area contributed by atoms with E-state index >= 15 is 0 Å². The average molecular weight is 317 g/mol. The number of carbonyl (C=O) groups is 2. The Labute approximate surface area is 138 Å². The Hall–Kier alpha value is -1.88. The Morgan fingerprint density at radius 1 is 1.22 bits per heavy atom. The number of nitrogens with zero attached hydrogens (tertiary/aromatic N) is 2. The van der Waals surface area contributed by atoms with Gasteiger partial charge in [-0.2, -0.15) is 0 Å². The molecule has 0 aromatic heterocycles. The second-order valence-corrected chi connectivity index (χ2v) is 6.59. The van der Waals surface area contributed by atoms with Crippen molar-refractivity contribution in [2.75, 3.05) is 20.1 Å². The molecule has 1 aliphatic rings. The molecule has 23 heavy (non-hydrogen) atoms. The lowest BCUT2D eigenvalue weighted by Gasteiger charge is -2.33. The van der Waals surface area contributed by atoms with Gasteiger partial charge in [-0.15, -0.1) is 0 Å². The number of carbonyl (C=O) groups excluding carboxylic acids is 2. The molecule has 126 valence electrons. The van der Waals surface area contributed by atoms with Gasteiger partial charge in [0.15, 0.2) is 0 Å². The Morgan fingerprint density at radius 2 is 1.87 bits per heavy atom. The SMILES string of the molecule is CC(C)NC(=O)CN(C)[C@@H](C)C(=O)N1CCc2ccccc2C1. The van der Waals surface area contributed by atoms with Gasteiger partial charge in [-0.25, -0.2) is 0 Å². The van der Waals surface area contributed by atoms with E-state index in [0.717, 1.165) is 13.0 Å². The molecule has 0 spiro atoms. The standard InChI is InChI=1S/C18H27N3O2/c1-13(2)19-17(22)12-20(4)14(3)18(23)21-10-9-15-7-5-6-8-16(15)11-21/h5-8,13-14H,9-12H2,1-4H3,(H,19,22)/t14-/m0/s1. The summed E-state index contributed by atoms with van der Waals surface area (Å²) < 4.78 is 0. The maximum Gasteiger partial charge on any atom is 0.239 e. The molecule has 1 aromatic carbocycles. The summed E-state index contributed by atoms with van der Waals surface area (Å²) in [6, 6.07) is 8.07. The summed E-state index contributed by atoms with van der Waals surface area (Å²) in [5.41, 5.74) is 2.55. The molecule has 5 heteroatoms. The first-order valence-electron chi connectivity index (χ1n) is 8.23. The molecule has 1 atom stereocenters. The summed E-state index contributed by atoms with van der Waals surface area (Å²) in [7, 11) is 1.82. The Morgan fingerprint density at radius 3 is 2.52 bits per heavy atom. The zero-order chi connectivity index (χ0) is 17.0. The molecule has 1 aliphatic heterocycles. The molecule has 2 rings (SSSR count). The van der Waals surface area contributed by atoms with E-state index in [0.29, 0.717) is 6.54 Å². The van der Waals surface area contributed by atoms with Crippen LogP contribution in [-0.2, 0) is 22.6 Å². The summed E-state index contributed by atoms with van der Waals surface area (Å²) in [6.07, 6.45) is 0.895. The smallest absolute Gasteiger partial charge is 0.239 e. The van der Waals surface area contributed by atoms with Gasteiger partial charge in [0.05, 0.1) is 12.6 Å². The minimum atomic E-state index is -0.307. The molecule has 5 nitrogen and oxygen atoms in total. The highest BCUT2D eigenvalue weighted by atomic mass is 16.2. The van der Waals surface area contributed by atoms with Gasteiger partial charge in [0.2, 0.25) is 11.8 Å². The van der Waals surface area contributed by atoms with Crippen LogP contribution >= 0.6 is 0 Å². The zero-order valence-corrected chi connectivity index (χ0v) is 14.5. The van der Waals surface area contributed by atoms with Crippen LogP contribution in [-0.4, -0.2) is 53.8 Å². The molecule has 1 aromatic rings. The second-order valence-electron chi connectivity index (χ2n) is 6.59. The van der Waals surface area contributed by atoms with Crippen LogP contribution in [0, 0.1) is 0 Å². The zero-order valence-electron chi connectivity index (χ0n) is 14.5. The van der Waals surface area contributed by atoms with Gasteiger partial charge in [0.1, 0.15) is 0 Å². The first-order chi connectivity index (χ1) is 10.9. The van der Waals surface area contributed by atoms with Crippen LogP contribution in [0.1, 0.15) is 31.9 Å². The maximum absolute atomic E-state index is 12.7. The monoisotopic (exact) mass is 317 g/mol. The third kappa shape index (κ3) is 4.55. The van der Waals surface area contributed by atoms with E-state index in [4.69, 9.17) is 0 Å². The van der Waals surface area contributed by atoms with Gasteiger partial charge in [-0.05, 0) is 45.4 Å². The summed E-state index contributed by atoms with van der Waals surface area (Å²) in [4.78, 5) is 28.3. The predicted molar refractivity (Wildman–Crippen MR) is 90.9 cm³/mol. The molecule has 0 fully saturated rings. The molecule has 2 amide bonds. The van der Waals surface area contributed by atoms with Crippen molar-refractivity contribution in [1.29, 1.82) is 0 Å². The summed E-state index contributed by atoms with van der Waals surface area (Å²) >= 11 is 0. The van der Waals surface area contributed by atoms with Crippen molar-refractivity contribution in [2.45, 2.75) is 45.8 Å². The highest BCUT2D eigenvalue weighted by Gasteiger charge is 2.27. The van der Waals surface area contributed by atoms with Gasteiger partial charge in [-0.1, -0.05) is 24.3 Å². The second kappa shape index (κ2) is 7.59. The predicted octanol–water partition coefficient (Wildman–Crippen LogP) is 1.42. The number of fused-ring (bicyclic) bond motifs is 1. The fourth-order valence-corrected chi connectivity index (χ4v) is 2.87. The maximum atomic E-state index is 12.7. The molecule has 1 N–H and O–H groups in total. The fourth-order valence-electron chi connectivity index (χ4n) is 2.87. The van der Waals surface area contributed by atoms with Gasteiger partial charge >= 0.3 is 0 Å². The molecule has 0 saturated heterocycles. The number of hydrogen-bond donors (Lipinski definition) is 1. The highest BCUT2D eigenvalue weighted by molar-refractivity contribution is 5.83. The first-order valence-corrected chi connectivity index (χ1v) is 8.23. The number of rotatable bonds is 5. The van der Waals surface area contributed by atoms with E-state index in [9.17, 15) is 9.59 Å². The molecule has 0 saturated carbocycles. The number of benzene rings is 1. The number of nitrogens with one attached hydrogen (secondary N) is 1. The molecule has 0 aliphatic carbocycles. The molecule has 1 heterocycles. The van der Waals surface area contributed by atoms with Crippen LogP contribution in [0.25, 0.3) is 0 Å². The largest absolute Gasteiger partial charge is 0.353 e. The quantitative estimate of drug-likeness (QED) is 0.893. The third-order valence-corrected chi connectivity index (χ3v) is 4.30. The van der Waals surface area contributed by atoms with Crippen molar-refractivity contribution in [3.05, 3.63) is 35.4 Å². The van der Waals surface area contributed by atoms with Crippen LogP contribution in [0.15, 0.2) is 24.3 Å². The molecular formula is C18H27N3O2. The topological polar surface area (TPSA) is 52.7 Å². The van der Waals surface area contributed by atoms with Crippen LogP contribution in [0.2, 0.25) is 0 Å². The van der Waals surface area contributed by atoms with Crippen molar-refractivity contribution in [3.63, 3.8) is 0 Å². The fraction of sp³-hybridized carbons (Fsp3) is 0.556. The lowest BCUT2D eigenvalue weighted by Crippen LogP contribution is -2.50. The van der Waals surface area contributed by atoms with E-state index in [1.54, 1.807) is 4.90 Å². The van der Waals surface area contributed by atoms with E-state index < -0.39 is 0 Å². The normalized spacial score (nSPS) is 15.5. The lowest BCUT2D eigenvalue weighted by atomic mass is 9.99. The average Bonchev–Trinajstić information content (AvgIpc) is 2.52. The summed E-state index contributed by atoms with van der Waals surface area (Å²) in [5, 5.41) is 2.85. The molecule has 0 bridgehead atoms. The van der Waals surface area contributed by atoms with Gasteiger partial charge in [-0.3, -0.25) is 14.5 Å². The van der Waals surface area contributed by atoms with Crippen molar-refractivity contribution in [3.8, 4) is 0 Å². The van der Waals surface area contributed by atoms with E-state index in [2.05, 4.69) is 17.4 Å². The minimum Gasteiger partial charge on any atom is -0.353 e. The number of amides is 2. The Bertz CT molecular complexity index is 571. The third-order valence-electron chi connectivity index (χ3n) is 4.30. The van der Waals surface area contributed by atoms with Crippen LogP contribution in [0.4, 0.5) is 0 Å². The van der Waals surface area contributed by atoms with Gasteiger partial charge in [0, 0.05) is 19.1 Å². The lowest BCUT2D eigenvalue weighted by molar-refractivity contribution is -0.137. The van der Waals surface area contributed by atoms with Crippen LogP contribution in [0.5, 0.6) is 0 Å². The highest BCUT2D eigenvalue weighted by Crippen LogP contribution is 2.19. The molecule has 0 radical (unpaired) electrons. The minimum absolute atomic E-state index is 0.0499. The van der Waals surface area contributed by atoms with Crippen molar-refractivity contribution in [2.24, 2.45) is 0 Å². The van der Waals surface area contributed by atoms with Crippen LogP contribution in [0.3, 0.4) is 0 Å². The summed E-state index contributed by atoms with van der Waals surface area (Å²) in [5.74, 6) is 0.0329. The number of hydrogen-bond acceptors (Lipinski definition) is 3.